The second-order valence-electron chi connectivity index (χ2n) is 3.77. The Kier molecular flexibility index (Phi) is 4.51. The predicted octanol–water partition coefficient (Wildman–Crippen LogP) is 1.24. The highest BCUT2D eigenvalue weighted by Gasteiger charge is 2.26. The average molecular weight is 289 g/mol. The van der Waals surface area contributed by atoms with Crippen molar-refractivity contribution < 1.29 is 8.42 Å². The van der Waals surface area contributed by atoms with Gasteiger partial charge in [0, 0.05) is 19.3 Å². The second-order valence-corrected chi connectivity index (χ2v) is 6.18. The third-order valence-corrected chi connectivity index (χ3v) is 4.77. The van der Waals surface area contributed by atoms with Crippen LogP contribution >= 0.6 is 11.6 Å². The molecule has 0 radical (unpaired) electrons. The number of hydrogen-bond donors (Lipinski definition) is 1. The molecule has 0 aliphatic heterocycles. The number of halogens is 1. The lowest BCUT2D eigenvalue weighted by Gasteiger charge is -2.22. The number of sulfonamides is 1. The summed E-state index contributed by atoms with van der Waals surface area (Å²) in [6, 6.07) is 2.74. The van der Waals surface area contributed by atoms with Gasteiger partial charge in [0.2, 0.25) is 10.0 Å². The summed E-state index contributed by atoms with van der Waals surface area (Å²) in [6.45, 7) is 1.65. The largest absolute Gasteiger partial charge is 0.382 e. The molecule has 0 saturated carbocycles. The number of nitrogens with zero attached hydrogens (tertiary/aromatic N) is 3. The van der Waals surface area contributed by atoms with Gasteiger partial charge in [-0.05, 0) is 13.0 Å². The second kappa shape index (κ2) is 5.52. The number of rotatable bonds is 4. The summed E-state index contributed by atoms with van der Waals surface area (Å²) >= 11 is 5.74. The van der Waals surface area contributed by atoms with E-state index in [0.29, 0.717) is 0 Å². The Hall–Kier alpha value is -1.36. The van der Waals surface area contributed by atoms with Gasteiger partial charge in [0.05, 0.1) is 17.5 Å². The van der Waals surface area contributed by atoms with Gasteiger partial charge in [-0.2, -0.15) is 9.57 Å². The zero-order valence-electron chi connectivity index (χ0n) is 9.96. The van der Waals surface area contributed by atoms with E-state index in [1.165, 1.54) is 13.1 Å². The lowest BCUT2D eigenvalue weighted by atomic mass is 10.3. The van der Waals surface area contributed by atoms with Gasteiger partial charge >= 0.3 is 0 Å². The van der Waals surface area contributed by atoms with E-state index in [-0.39, 0.29) is 22.2 Å². The van der Waals surface area contributed by atoms with Crippen LogP contribution in [0.15, 0.2) is 17.2 Å². The molecular weight excluding hydrogens is 276 g/mol. The Morgan fingerprint density at radius 2 is 2.28 bits per heavy atom. The molecule has 2 N–H and O–H groups in total. The van der Waals surface area contributed by atoms with Gasteiger partial charge in [0.25, 0.3) is 0 Å². The minimum absolute atomic E-state index is 0.0472. The van der Waals surface area contributed by atoms with Gasteiger partial charge in [-0.25, -0.2) is 13.4 Å². The van der Waals surface area contributed by atoms with Crippen molar-refractivity contribution in [3.8, 4) is 6.07 Å². The van der Waals surface area contributed by atoms with Crippen LogP contribution in [0.3, 0.4) is 0 Å². The summed E-state index contributed by atoms with van der Waals surface area (Å²) in [7, 11) is -2.32. The lowest BCUT2D eigenvalue weighted by molar-refractivity contribution is 0.393. The van der Waals surface area contributed by atoms with Crippen molar-refractivity contribution in [1.29, 1.82) is 5.26 Å². The molecule has 18 heavy (non-hydrogen) atoms. The van der Waals surface area contributed by atoms with Crippen molar-refractivity contribution in [3.05, 3.63) is 17.3 Å². The van der Waals surface area contributed by atoms with Crippen LogP contribution in [-0.2, 0) is 10.0 Å². The van der Waals surface area contributed by atoms with Crippen molar-refractivity contribution in [3.63, 3.8) is 0 Å². The molecule has 0 fully saturated rings. The van der Waals surface area contributed by atoms with Crippen molar-refractivity contribution in [2.24, 2.45) is 0 Å². The van der Waals surface area contributed by atoms with E-state index in [0.717, 1.165) is 10.5 Å². The lowest BCUT2D eigenvalue weighted by Crippen LogP contribution is -2.34. The summed E-state index contributed by atoms with van der Waals surface area (Å²) in [5, 5.41) is 8.66. The van der Waals surface area contributed by atoms with Crippen molar-refractivity contribution in [1.82, 2.24) is 9.29 Å². The molecule has 1 unspecified atom stereocenters. The fourth-order valence-corrected chi connectivity index (χ4v) is 2.80. The summed E-state index contributed by atoms with van der Waals surface area (Å²) in [5.74, 6) is 0.0725. The summed E-state index contributed by atoms with van der Waals surface area (Å²) in [6.07, 6.45) is 1.25. The normalized spacial score (nSPS) is 13.3. The van der Waals surface area contributed by atoms with Crippen molar-refractivity contribution in [2.45, 2.75) is 24.3 Å². The average Bonchev–Trinajstić information content (AvgIpc) is 2.31. The molecule has 1 aromatic heterocycles. The first kappa shape index (κ1) is 14.7. The van der Waals surface area contributed by atoms with Gasteiger partial charge in [-0.15, -0.1) is 0 Å². The molecule has 8 heteroatoms. The molecular formula is C10H13ClN4O2S. The zero-order valence-corrected chi connectivity index (χ0v) is 11.5. The monoisotopic (exact) mass is 288 g/mol. The number of hydrogen-bond acceptors (Lipinski definition) is 5. The smallest absolute Gasteiger partial charge is 0.244 e. The predicted molar refractivity (Wildman–Crippen MR) is 68.3 cm³/mol. The molecule has 1 aromatic rings. The fourth-order valence-electron chi connectivity index (χ4n) is 1.24. The fraction of sp³-hybridized carbons (Fsp3) is 0.400. The number of anilines is 1. The molecule has 0 spiro atoms. The van der Waals surface area contributed by atoms with Crippen LogP contribution in [0.25, 0.3) is 0 Å². The molecule has 98 valence electrons. The molecule has 1 heterocycles. The van der Waals surface area contributed by atoms with Crippen LogP contribution in [0.4, 0.5) is 5.82 Å². The number of aromatic nitrogens is 1. The van der Waals surface area contributed by atoms with Crippen LogP contribution in [0.5, 0.6) is 0 Å². The third kappa shape index (κ3) is 2.90. The topological polar surface area (TPSA) is 100 Å². The van der Waals surface area contributed by atoms with E-state index in [9.17, 15) is 8.42 Å². The quantitative estimate of drug-likeness (QED) is 0.898. The van der Waals surface area contributed by atoms with Crippen LogP contribution in [0.1, 0.15) is 13.3 Å². The molecule has 6 nitrogen and oxygen atoms in total. The molecule has 0 aliphatic carbocycles. The van der Waals surface area contributed by atoms with E-state index < -0.39 is 16.1 Å². The van der Waals surface area contributed by atoms with Crippen molar-refractivity contribution >= 4 is 27.4 Å². The first-order valence-electron chi connectivity index (χ1n) is 5.06. The number of nitrogen functional groups attached to an aromatic ring is 1. The molecule has 1 atom stereocenters. The molecule has 0 bridgehead atoms. The minimum Gasteiger partial charge on any atom is -0.382 e. The Balaban J connectivity index is 3.14. The zero-order chi connectivity index (χ0) is 13.9. The number of nitriles is 1. The first-order valence-corrected chi connectivity index (χ1v) is 6.88. The Bertz CT molecular complexity index is 582. The summed E-state index contributed by atoms with van der Waals surface area (Å²) in [5.41, 5.74) is 5.42. The first-order chi connectivity index (χ1) is 8.30. The van der Waals surface area contributed by atoms with Crippen LogP contribution < -0.4 is 5.73 Å². The maximum atomic E-state index is 12.2. The van der Waals surface area contributed by atoms with Gasteiger partial charge in [-0.1, -0.05) is 11.6 Å². The maximum Gasteiger partial charge on any atom is 0.244 e. The van der Waals surface area contributed by atoms with Crippen LogP contribution in [0, 0.1) is 11.3 Å². The molecule has 1 rings (SSSR count). The maximum absolute atomic E-state index is 12.2. The van der Waals surface area contributed by atoms with Gasteiger partial charge < -0.3 is 5.73 Å². The highest BCUT2D eigenvalue weighted by atomic mass is 35.5. The van der Waals surface area contributed by atoms with E-state index in [2.05, 4.69) is 4.98 Å². The van der Waals surface area contributed by atoms with Gasteiger partial charge in [0.15, 0.2) is 0 Å². The summed E-state index contributed by atoms with van der Waals surface area (Å²) < 4.78 is 25.5. The molecule has 0 aromatic carbocycles. The summed E-state index contributed by atoms with van der Waals surface area (Å²) in [4.78, 5) is 3.66. The SMILES string of the molecule is CC(CC#N)N(C)S(=O)(=O)c1cnc(N)c(Cl)c1. The number of nitrogens with two attached hydrogens (primary N) is 1. The Morgan fingerprint density at radius 1 is 1.67 bits per heavy atom. The van der Waals surface area contributed by atoms with Crippen LogP contribution in [0.2, 0.25) is 5.02 Å². The van der Waals surface area contributed by atoms with Crippen LogP contribution in [-0.4, -0.2) is 30.8 Å². The molecule has 0 aliphatic rings. The van der Waals surface area contributed by atoms with Gasteiger partial charge in [0.1, 0.15) is 10.7 Å². The molecule has 0 amide bonds. The highest BCUT2D eigenvalue weighted by molar-refractivity contribution is 7.89. The highest BCUT2D eigenvalue weighted by Crippen LogP contribution is 2.23. The minimum atomic E-state index is -3.72. The third-order valence-electron chi connectivity index (χ3n) is 2.53. The van der Waals surface area contributed by atoms with Crippen molar-refractivity contribution in [2.75, 3.05) is 12.8 Å². The number of pyridine rings is 1. The Labute approximate surface area is 111 Å². The molecule has 0 saturated heterocycles. The van der Waals surface area contributed by atoms with E-state index >= 15 is 0 Å². The Morgan fingerprint density at radius 3 is 2.78 bits per heavy atom. The van der Waals surface area contributed by atoms with E-state index in [4.69, 9.17) is 22.6 Å². The van der Waals surface area contributed by atoms with E-state index in [1.807, 2.05) is 6.07 Å². The standard InChI is InChI=1S/C10H13ClN4O2S/c1-7(3-4-12)15(2)18(16,17)8-5-9(11)10(13)14-6-8/h5-7H,3H2,1-2H3,(H2,13,14). The van der Waals surface area contributed by atoms with E-state index in [1.54, 1.807) is 6.92 Å². The van der Waals surface area contributed by atoms with Gasteiger partial charge in [-0.3, -0.25) is 0 Å².